The van der Waals surface area contributed by atoms with E-state index in [0.29, 0.717) is 0 Å². The summed E-state index contributed by atoms with van der Waals surface area (Å²) in [7, 11) is 0. The van der Waals surface area contributed by atoms with E-state index in [9.17, 15) is 0 Å². The third-order valence-corrected chi connectivity index (χ3v) is 7.56. The molecule has 30 N–H and O–H groups in total. The van der Waals surface area contributed by atoms with Crippen molar-refractivity contribution in [2.45, 2.75) is 122 Å². The van der Waals surface area contributed by atoms with Crippen molar-refractivity contribution in [3.8, 4) is 0 Å². The van der Waals surface area contributed by atoms with Gasteiger partial charge in [0.2, 0.25) is 0 Å². The van der Waals surface area contributed by atoms with E-state index in [1.54, 1.807) is 0 Å². The zero-order valence-corrected chi connectivity index (χ0v) is 35.6. The van der Waals surface area contributed by atoms with Gasteiger partial charge in [-0.3, -0.25) is 0 Å². The van der Waals surface area contributed by atoms with Gasteiger partial charge in [-0.1, -0.05) is 0 Å². The van der Waals surface area contributed by atoms with Gasteiger partial charge >= 0.3 is 0 Å². The molecular formula is C30H70He5O30. The Kier molecular flexibility index (Phi) is 66.9. The van der Waals surface area contributed by atoms with Crippen molar-refractivity contribution in [3.63, 3.8) is 0 Å². The Labute approximate surface area is 372 Å². The van der Waals surface area contributed by atoms with Crippen LogP contribution >= 0.6 is 0 Å². The Balaban J connectivity index is -0.0000000713. The largest absolute Gasteiger partial charge is 0.394 e. The zero-order chi connectivity index (χ0) is 48.6. The molecule has 0 aliphatic carbocycles. The second-order valence-corrected chi connectivity index (χ2v) is 12.4. The minimum Gasteiger partial charge on any atom is -0.394 e. The van der Waals surface area contributed by atoms with Gasteiger partial charge in [-0.25, -0.2) is 0 Å². The van der Waals surface area contributed by atoms with Crippen LogP contribution in [0.25, 0.3) is 0 Å². The molecule has 0 fully saturated rings. The normalized spacial score (nSPS) is 19.8. The summed E-state index contributed by atoms with van der Waals surface area (Å²) in [6.07, 6.45) is -32.0. The van der Waals surface area contributed by atoms with Crippen LogP contribution in [0.15, 0.2) is 0 Å². The van der Waals surface area contributed by atoms with Crippen LogP contribution in [-0.2, 0) is 0 Å². The zero-order valence-electron chi connectivity index (χ0n) is 35.6. The van der Waals surface area contributed by atoms with Gasteiger partial charge in [0.25, 0.3) is 0 Å². The quantitative estimate of drug-likeness (QED) is 0.0404. The number of aliphatic hydroxyl groups excluding tert-OH is 30. The Hall–Kier alpha value is -1.65. The molecule has 65 heavy (non-hydrogen) atoms. The van der Waals surface area contributed by atoms with Crippen molar-refractivity contribution < 1.29 is 184 Å². The van der Waals surface area contributed by atoms with Crippen LogP contribution in [0.2, 0.25) is 0 Å². The molecule has 380 valence electrons. The predicted octanol–water partition coefficient (Wildman–Crippen LogP) is -17.9. The van der Waals surface area contributed by atoms with E-state index in [0.717, 1.165) is 0 Å². The van der Waals surface area contributed by atoms with Crippen molar-refractivity contribution in [2.75, 3.05) is 66.1 Å². The Morgan fingerprint density at radius 2 is 0.185 bits per heavy atom. The topological polar surface area (TPSA) is 607 Å². The van der Waals surface area contributed by atoms with Crippen LogP contribution in [0, 0.1) is 30.8 Å². The second kappa shape index (κ2) is 50.2. The SMILES string of the molecule is OC[C@@H](O)[C@@H](O)[C@H](O)[C@H](O)CO.OC[C@@H](O)[C@@H](O)[C@H](O)[C@H](O)CO.OC[C@@H](O)[C@@H](O)[C@H](O)[C@H](O)CO.OC[C@@H](O)[C@@H](O)[C@H](O)[C@H](O)CO.OC[C@@H](O)[C@@H](O)[C@H](O)[C@H](O)CO.[He].[He].[He].[He].[He]. The Morgan fingerprint density at radius 1 is 0.138 bits per heavy atom. The Bertz CT molecular complexity index is 711. The molecule has 0 spiro atoms. The van der Waals surface area contributed by atoms with Crippen molar-refractivity contribution in [1.82, 2.24) is 0 Å². The Morgan fingerprint density at radius 3 is 0.215 bits per heavy atom. The fourth-order valence-corrected chi connectivity index (χ4v) is 3.36. The van der Waals surface area contributed by atoms with Crippen molar-refractivity contribution in [2.24, 2.45) is 0 Å². The van der Waals surface area contributed by atoms with E-state index < -0.39 is 188 Å². The molecule has 0 aromatic rings. The average molecular weight is 931 g/mol. The number of hydrogen-bond acceptors (Lipinski definition) is 30. The second-order valence-electron chi connectivity index (χ2n) is 12.4. The first kappa shape index (κ1) is 86.5. The fraction of sp³-hybridized carbons (Fsp3) is 1.00. The summed E-state index contributed by atoms with van der Waals surface area (Å²) in [5.74, 6) is 0. The fourth-order valence-electron chi connectivity index (χ4n) is 3.36. The van der Waals surface area contributed by atoms with Crippen LogP contribution in [0.4, 0.5) is 0 Å². The summed E-state index contributed by atoms with van der Waals surface area (Å²) in [6, 6.07) is 0. The van der Waals surface area contributed by atoms with E-state index in [2.05, 4.69) is 0 Å². The molecule has 0 saturated carbocycles. The first-order valence-corrected chi connectivity index (χ1v) is 17.4. The molecule has 0 saturated heterocycles. The molecule has 0 radical (unpaired) electrons. The van der Waals surface area contributed by atoms with Crippen LogP contribution in [0.3, 0.4) is 0 Å². The predicted molar refractivity (Wildman–Crippen MR) is 191 cm³/mol. The third-order valence-electron chi connectivity index (χ3n) is 7.56. The van der Waals surface area contributed by atoms with Gasteiger partial charge in [0.1, 0.15) is 122 Å². The van der Waals surface area contributed by atoms with Gasteiger partial charge in [0.05, 0.1) is 66.1 Å². The third kappa shape index (κ3) is 37.0. The molecule has 35 heteroatoms. The first-order chi connectivity index (χ1) is 27.7. The van der Waals surface area contributed by atoms with Crippen molar-refractivity contribution in [3.05, 3.63) is 0 Å². The smallest absolute Gasteiger partial charge is 0.111 e. The molecule has 0 amide bonds. The summed E-state index contributed by atoms with van der Waals surface area (Å²) in [5.41, 5.74) is 0. The van der Waals surface area contributed by atoms with Crippen molar-refractivity contribution in [1.29, 1.82) is 0 Å². The number of aliphatic hydroxyl groups is 30. The maximum atomic E-state index is 8.96. The van der Waals surface area contributed by atoms with E-state index >= 15 is 0 Å². The molecule has 0 aromatic heterocycles. The maximum Gasteiger partial charge on any atom is 0.111 e. The minimum atomic E-state index is -1.67. The molecule has 0 bridgehead atoms. The van der Waals surface area contributed by atoms with E-state index in [4.69, 9.17) is 153 Å². The van der Waals surface area contributed by atoms with Crippen LogP contribution < -0.4 is 0 Å². The summed E-state index contributed by atoms with van der Waals surface area (Å²) in [5, 5.41) is 261. The summed E-state index contributed by atoms with van der Waals surface area (Å²) >= 11 is 0. The van der Waals surface area contributed by atoms with Gasteiger partial charge in [-0.15, -0.1) is 0 Å². The average Bonchev–Trinajstić information content (AvgIpc) is 3.28. The van der Waals surface area contributed by atoms with Gasteiger partial charge < -0.3 is 153 Å². The molecule has 0 heterocycles. The number of rotatable bonds is 25. The van der Waals surface area contributed by atoms with Crippen LogP contribution in [0.5, 0.6) is 0 Å². The monoisotopic (exact) mass is 930 g/mol. The molecule has 0 unspecified atom stereocenters. The van der Waals surface area contributed by atoms with Gasteiger partial charge in [-0.05, 0) is 0 Å². The summed E-state index contributed by atoms with van der Waals surface area (Å²) < 4.78 is 0. The summed E-state index contributed by atoms with van der Waals surface area (Å²) in [6.45, 7) is -7.26. The van der Waals surface area contributed by atoms with Gasteiger partial charge in [0, 0.05) is 30.8 Å². The molecule has 30 nitrogen and oxygen atoms in total. The molecule has 20 atom stereocenters. The van der Waals surface area contributed by atoms with E-state index in [1.807, 2.05) is 0 Å². The first-order valence-electron chi connectivity index (χ1n) is 17.4. The van der Waals surface area contributed by atoms with Crippen molar-refractivity contribution >= 4 is 0 Å². The van der Waals surface area contributed by atoms with Gasteiger partial charge in [0.15, 0.2) is 0 Å². The maximum absolute atomic E-state index is 8.96. The van der Waals surface area contributed by atoms with E-state index in [1.165, 1.54) is 0 Å². The van der Waals surface area contributed by atoms with E-state index in [-0.39, 0.29) is 30.8 Å². The molecule has 0 aliphatic rings. The number of hydrogen-bond donors (Lipinski definition) is 30. The minimum absolute atomic E-state index is 0. The molecule has 0 aliphatic heterocycles. The molecule has 0 aromatic carbocycles. The van der Waals surface area contributed by atoms with Crippen LogP contribution in [0.1, 0.15) is 0 Å². The summed E-state index contributed by atoms with van der Waals surface area (Å²) in [4.78, 5) is 0. The molecular weight excluding hydrogens is 860 g/mol. The standard InChI is InChI=1S/5C6H14O6.5He/c5*7-1-3(9)5(11)6(12)4(10)2-8;;;;;/h5*3-12H,1-2H2;;;;;/t5*3-,4-,5-,6-;;;;;/m11111...../s1. The van der Waals surface area contributed by atoms with Crippen LogP contribution in [-0.4, -0.2) is 341 Å². The van der Waals surface area contributed by atoms with Gasteiger partial charge in [-0.2, -0.15) is 0 Å². The molecule has 0 rings (SSSR count).